The zero-order valence-corrected chi connectivity index (χ0v) is 12.6. The maximum absolute atomic E-state index is 11.9. The molecule has 0 aliphatic rings. The average Bonchev–Trinajstić information content (AvgIpc) is 2.52. The van der Waals surface area contributed by atoms with E-state index in [2.05, 4.69) is 9.97 Å². The minimum atomic E-state index is -0.850. The van der Waals surface area contributed by atoms with Gasteiger partial charge in [0.25, 0.3) is 5.56 Å². The SMILES string of the molecule is CSc1nc(-c2ccc(CCC(=O)O)cc2)c(C#N)c(=O)[nH]1. The lowest BCUT2D eigenvalue weighted by Crippen LogP contribution is -2.14. The van der Waals surface area contributed by atoms with Gasteiger partial charge in [0.1, 0.15) is 11.6 Å². The molecule has 0 aliphatic heterocycles. The first-order valence-electron chi connectivity index (χ1n) is 6.44. The highest BCUT2D eigenvalue weighted by Gasteiger charge is 2.13. The third-order valence-corrected chi connectivity index (χ3v) is 3.64. The van der Waals surface area contributed by atoms with Crippen molar-refractivity contribution >= 4 is 17.7 Å². The fraction of sp³-hybridized carbons (Fsp3) is 0.200. The van der Waals surface area contributed by atoms with E-state index in [1.54, 1.807) is 30.5 Å². The van der Waals surface area contributed by atoms with Gasteiger partial charge in [-0.3, -0.25) is 9.59 Å². The molecule has 1 heterocycles. The van der Waals surface area contributed by atoms with Crippen LogP contribution in [-0.4, -0.2) is 27.3 Å². The molecule has 0 aliphatic carbocycles. The van der Waals surface area contributed by atoms with Crippen molar-refractivity contribution in [2.24, 2.45) is 0 Å². The molecule has 2 aromatic rings. The van der Waals surface area contributed by atoms with Crippen LogP contribution in [0.1, 0.15) is 17.5 Å². The summed E-state index contributed by atoms with van der Waals surface area (Å²) in [6.07, 6.45) is 2.27. The van der Waals surface area contributed by atoms with Crippen molar-refractivity contribution in [2.75, 3.05) is 6.26 Å². The van der Waals surface area contributed by atoms with Crippen LogP contribution in [0.15, 0.2) is 34.2 Å². The van der Waals surface area contributed by atoms with E-state index in [-0.39, 0.29) is 12.0 Å². The van der Waals surface area contributed by atoms with E-state index in [9.17, 15) is 9.59 Å². The second kappa shape index (κ2) is 6.91. The fourth-order valence-electron chi connectivity index (χ4n) is 1.94. The second-order valence-corrected chi connectivity index (χ2v) is 5.30. The molecule has 112 valence electrons. The van der Waals surface area contributed by atoms with Crippen LogP contribution >= 0.6 is 11.8 Å². The molecule has 0 fully saturated rings. The number of carboxylic acid groups (broad SMARTS) is 1. The Bertz CT molecular complexity index is 791. The summed E-state index contributed by atoms with van der Waals surface area (Å²) in [6, 6.07) is 8.91. The molecule has 7 heteroatoms. The van der Waals surface area contributed by atoms with E-state index in [4.69, 9.17) is 10.4 Å². The van der Waals surface area contributed by atoms with Gasteiger partial charge in [-0.05, 0) is 18.2 Å². The molecular formula is C15H13N3O3S. The van der Waals surface area contributed by atoms with Gasteiger partial charge in [-0.1, -0.05) is 36.0 Å². The van der Waals surface area contributed by atoms with Crippen LogP contribution in [0.5, 0.6) is 0 Å². The molecule has 22 heavy (non-hydrogen) atoms. The normalized spacial score (nSPS) is 10.2. The number of nitriles is 1. The second-order valence-electron chi connectivity index (χ2n) is 4.50. The van der Waals surface area contributed by atoms with Gasteiger partial charge >= 0.3 is 5.97 Å². The van der Waals surface area contributed by atoms with E-state index in [0.29, 0.717) is 22.8 Å². The summed E-state index contributed by atoms with van der Waals surface area (Å²) in [7, 11) is 0. The number of nitrogens with one attached hydrogen (secondary N) is 1. The van der Waals surface area contributed by atoms with Gasteiger partial charge in [0.05, 0.1) is 5.69 Å². The van der Waals surface area contributed by atoms with Crippen molar-refractivity contribution in [1.29, 1.82) is 5.26 Å². The van der Waals surface area contributed by atoms with E-state index >= 15 is 0 Å². The molecule has 0 saturated carbocycles. The molecule has 1 aromatic heterocycles. The molecule has 0 bridgehead atoms. The van der Waals surface area contributed by atoms with Crippen molar-refractivity contribution in [1.82, 2.24) is 9.97 Å². The monoisotopic (exact) mass is 315 g/mol. The van der Waals surface area contributed by atoms with Gasteiger partial charge in [-0.25, -0.2) is 4.98 Å². The minimum absolute atomic E-state index is 0.0314. The van der Waals surface area contributed by atoms with E-state index in [1.165, 1.54) is 11.8 Å². The highest BCUT2D eigenvalue weighted by Crippen LogP contribution is 2.22. The summed E-state index contributed by atoms with van der Waals surface area (Å²) in [5.41, 5.74) is 1.36. The van der Waals surface area contributed by atoms with Crippen LogP contribution in [0.2, 0.25) is 0 Å². The predicted octanol–water partition coefficient (Wildman–Crippen LogP) is 2.05. The molecule has 0 saturated heterocycles. The number of aliphatic carboxylic acids is 1. The summed E-state index contributed by atoms with van der Waals surface area (Å²) in [4.78, 5) is 29.3. The van der Waals surface area contributed by atoms with Crippen molar-refractivity contribution in [3.05, 3.63) is 45.7 Å². The van der Waals surface area contributed by atoms with Crippen LogP contribution in [0.3, 0.4) is 0 Å². The molecule has 0 amide bonds. The van der Waals surface area contributed by atoms with Gasteiger partial charge in [-0.2, -0.15) is 5.26 Å². The Morgan fingerprint density at radius 3 is 2.64 bits per heavy atom. The largest absolute Gasteiger partial charge is 0.481 e. The van der Waals surface area contributed by atoms with Gasteiger partial charge < -0.3 is 10.1 Å². The Hall–Kier alpha value is -2.59. The topological polar surface area (TPSA) is 107 Å². The van der Waals surface area contributed by atoms with Gasteiger partial charge in [0, 0.05) is 12.0 Å². The Morgan fingerprint density at radius 2 is 2.09 bits per heavy atom. The number of aromatic nitrogens is 2. The maximum atomic E-state index is 11.9. The van der Waals surface area contributed by atoms with Gasteiger partial charge in [-0.15, -0.1) is 0 Å². The Morgan fingerprint density at radius 1 is 1.41 bits per heavy atom. The first-order chi connectivity index (χ1) is 10.5. The molecule has 1 aromatic carbocycles. The van der Waals surface area contributed by atoms with E-state index < -0.39 is 11.5 Å². The highest BCUT2D eigenvalue weighted by atomic mass is 32.2. The summed E-state index contributed by atoms with van der Waals surface area (Å²) in [5.74, 6) is -0.850. The third kappa shape index (κ3) is 3.54. The van der Waals surface area contributed by atoms with Crippen LogP contribution in [-0.2, 0) is 11.2 Å². The first kappa shape index (κ1) is 15.8. The van der Waals surface area contributed by atoms with Crippen molar-refractivity contribution in [3.8, 4) is 17.3 Å². The molecule has 0 spiro atoms. The van der Waals surface area contributed by atoms with Crippen LogP contribution in [0.25, 0.3) is 11.3 Å². The number of aromatic amines is 1. The van der Waals surface area contributed by atoms with E-state index in [0.717, 1.165) is 5.56 Å². The maximum Gasteiger partial charge on any atom is 0.303 e. The molecule has 0 radical (unpaired) electrons. The molecule has 6 nitrogen and oxygen atoms in total. The number of nitrogens with zero attached hydrogens (tertiary/aromatic N) is 2. The number of thioether (sulfide) groups is 1. The standard InChI is InChI=1S/C15H13N3O3S/c1-22-15-17-13(11(8-16)14(21)18-15)10-5-2-9(3-6-10)4-7-12(19)20/h2-3,5-6H,4,7H2,1H3,(H,19,20)(H,17,18,21). The van der Waals surface area contributed by atoms with E-state index in [1.807, 2.05) is 6.07 Å². The Labute approximate surface area is 130 Å². The predicted molar refractivity (Wildman–Crippen MR) is 82.7 cm³/mol. The van der Waals surface area contributed by atoms with Crippen LogP contribution in [0.4, 0.5) is 0 Å². The Kier molecular flexibility index (Phi) is 4.96. The summed E-state index contributed by atoms with van der Waals surface area (Å²) < 4.78 is 0. The van der Waals surface area contributed by atoms with Crippen molar-refractivity contribution in [2.45, 2.75) is 18.0 Å². The number of carbonyl (C=O) groups is 1. The lowest BCUT2D eigenvalue weighted by Gasteiger charge is -2.06. The third-order valence-electron chi connectivity index (χ3n) is 3.06. The molecular weight excluding hydrogens is 302 g/mol. The van der Waals surface area contributed by atoms with Crippen molar-refractivity contribution < 1.29 is 9.90 Å². The van der Waals surface area contributed by atoms with Crippen LogP contribution in [0, 0.1) is 11.3 Å². The minimum Gasteiger partial charge on any atom is -0.481 e. The number of aryl methyl sites for hydroxylation is 1. The fourth-order valence-corrected chi connectivity index (χ4v) is 2.32. The number of hydrogen-bond acceptors (Lipinski definition) is 5. The number of carboxylic acids is 1. The summed E-state index contributed by atoms with van der Waals surface area (Å²) in [6.45, 7) is 0. The number of H-pyrrole nitrogens is 1. The van der Waals surface area contributed by atoms with Crippen LogP contribution < -0.4 is 5.56 Å². The molecule has 2 N–H and O–H groups in total. The lowest BCUT2D eigenvalue weighted by molar-refractivity contribution is -0.136. The smallest absolute Gasteiger partial charge is 0.303 e. The van der Waals surface area contributed by atoms with Gasteiger partial charge in [0.2, 0.25) is 0 Å². The number of benzene rings is 1. The first-order valence-corrected chi connectivity index (χ1v) is 7.67. The quantitative estimate of drug-likeness (QED) is 0.646. The summed E-state index contributed by atoms with van der Waals surface area (Å²) >= 11 is 1.28. The number of rotatable bonds is 5. The summed E-state index contributed by atoms with van der Waals surface area (Å²) in [5, 5.41) is 18.3. The highest BCUT2D eigenvalue weighted by molar-refractivity contribution is 7.98. The average molecular weight is 315 g/mol. The van der Waals surface area contributed by atoms with Crippen molar-refractivity contribution in [3.63, 3.8) is 0 Å². The van der Waals surface area contributed by atoms with Gasteiger partial charge in [0.15, 0.2) is 5.16 Å². The molecule has 2 rings (SSSR count). The lowest BCUT2D eigenvalue weighted by atomic mass is 10.0. The zero-order chi connectivity index (χ0) is 16.1. The molecule has 0 unspecified atom stereocenters. The number of hydrogen-bond donors (Lipinski definition) is 2. The Balaban J connectivity index is 2.40. The molecule has 0 atom stereocenters. The zero-order valence-electron chi connectivity index (χ0n) is 11.8.